The van der Waals surface area contributed by atoms with Crippen molar-refractivity contribution in [1.29, 1.82) is 0 Å². The van der Waals surface area contributed by atoms with Crippen LogP contribution in [0.15, 0.2) is 0 Å². The topological polar surface area (TPSA) is 66.8 Å². The summed E-state index contributed by atoms with van der Waals surface area (Å²) < 4.78 is 5.38. The Bertz CT molecular complexity index is 249. The van der Waals surface area contributed by atoms with E-state index in [0.717, 1.165) is 4.90 Å². The number of hydrogen-bond acceptors (Lipinski definition) is 3. The minimum absolute atomic E-state index is 0.322. The molecule has 0 bridgehead atoms. The number of ether oxygens (including phenoxy) is 1. The van der Waals surface area contributed by atoms with Crippen LogP contribution in [0.4, 0.5) is 4.79 Å². The highest BCUT2D eigenvalue weighted by molar-refractivity contribution is 14.1. The molecule has 0 aliphatic heterocycles. The Labute approximate surface area is 103 Å². The molecule has 15 heavy (non-hydrogen) atoms. The first-order valence-electron chi connectivity index (χ1n) is 4.43. The maximum Gasteiger partial charge on any atom is 0.410 e. The highest BCUT2D eigenvalue weighted by Gasteiger charge is 2.28. The Balaban J connectivity index is 4.49. The van der Waals surface area contributed by atoms with E-state index in [1.54, 1.807) is 20.8 Å². The highest BCUT2D eigenvalue weighted by Crippen LogP contribution is 2.11. The minimum atomic E-state index is -1.03. The summed E-state index contributed by atoms with van der Waals surface area (Å²) in [5.74, 6) is -1.03. The predicted molar refractivity (Wildman–Crippen MR) is 64.3 cm³/mol. The molecule has 0 aromatic rings. The second-order valence-corrected chi connectivity index (χ2v) is 4.98. The standard InChI is InChI=1S/C9H16INO4/c1-9(2,3)15-8(14)11(4)6(5-10)7(12)13/h6H,5H2,1-4H3,(H,12,13)/t6-/m0/s1. The van der Waals surface area contributed by atoms with E-state index in [9.17, 15) is 9.59 Å². The van der Waals surface area contributed by atoms with E-state index < -0.39 is 23.7 Å². The van der Waals surface area contributed by atoms with E-state index >= 15 is 0 Å². The molecule has 0 saturated heterocycles. The lowest BCUT2D eigenvalue weighted by molar-refractivity contribution is -0.141. The average Bonchev–Trinajstić information content (AvgIpc) is 2.01. The van der Waals surface area contributed by atoms with Gasteiger partial charge in [-0.3, -0.25) is 4.90 Å². The van der Waals surface area contributed by atoms with E-state index in [1.807, 2.05) is 22.6 Å². The lowest BCUT2D eigenvalue weighted by Crippen LogP contribution is -2.45. The quantitative estimate of drug-likeness (QED) is 0.633. The van der Waals surface area contributed by atoms with Crippen molar-refractivity contribution in [1.82, 2.24) is 4.90 Å². The van der Waals surface area contributed by atoms with Crippen molar-refractivity contribution in [3.63, 3.8) is 0 Å². The van der Waals surface area contributed by atoms with Crippen molar-refractivity contribution in [2.45, 2.75) is 32.4 Å². The summed E-state index contributed by atoms with van der Waals surface area (Å²) in [4.78, 5) is 23.4. The van der Waals surface area contributed by atoms with Crippen molar-refractivity contribution in [2.75, 3.05) is 11.5 Å². The summed E-state index contributed by atoms with van der Waals surface area (Å²) >= 11 is 1.92. The zero-order valence-corrected chi connectivity index (χ0v) is 11.4. The van der Waals surface area contributed by atoms with E-state index in [2.05, 4.69) is 0 Å². The third-order valence-electron chi connectivity index (χ3n) is 1.58. The van der Waals surface area contributed by atoms with E-state index in [-0.39, 0.29) is 0 Å². The van der Waals surface area contributed by atoms with Crippen LogP contribution >= 0.6 is 22.6 Å². The van der Waals surface area contributed by atoms with Crippen molar-refractivity contribution in [3.05, 3.63) is 0 Å². The van der Waals surface area contributed by atoms with Crippen LogP contribution in [0.3, 0.4) is 0 Å². The number of alkyl halides is 1. The van der Waals surface area contributed by atoms with Gasteiger partial charge < -0.3 is 9.84 Å². The summed E-state index contributed by atoms with van der Waals surface area (Å²) in [6, 6.07) is -0.847. The fraction of sp³-hybridized carbons (Fsp3) is 0.778. The zero-order valence-electron chi connectivity index (χ0n) is 9.28. The van der Waals surface area contributed by atoms with Crippen LogP contribution in [0.2, 0.25) is 0 Å². The highest BCUT2D eigenvalue weighted by atomic mass is 127. The van der Waals surface area contributed by atoms with Gasteiger partial charge in [-0.15, -0.1) is 0 Å². The maximum atomic E-state index is 11.5. The summed E-state index contributed by atoms with van der Waals surface area (Å²) in [7, 11) is 1.42. The molecule has 1 N–H and O–H groups in total. The molecule has 0 aliphatic carbocycles. The number of halogens is 1. The first-order valence-corrected chi connectivity index (χ1v) is 5.96. The number of carboxylic acids is 1. The fourth-order valence-electron chi connectivity index (χ4n) is 0.796. The van der Waals surface area contributed by atoms with Crippen LogP contribution in [0.5, 0.6) is 0 Å². The van der Waals surface area contributed by atoms with Crippen LogP contribution in [0, 0.1) is 0 Å². The smallest absolute Gasteiger partial charge is 0.410 e. The molecule has 6 heteroatoms. The van der Waals surface area contributed by atoms with Gasteiger partial charge in [-0.1, -0.05) is 22.6 Å². The van der Waals surface area contributed by atoms with Gasteiger partial charge in [0, 0.05) is 11.5 Å². The van der Waals surface area contributed by atoms with Gasteiger partial charge in [-0.05, 0) is 20.8 Å². The summed E-state index contributed by atoms with van der Waals surface area (Å²) in [6.45, 7) is 5.20. The Morgan fingerprint density at radius 3 is 2.20 bits per heavy atom. The number of carbonyl (C=O) groups excluding carboxylic acids is 1. The molecule has 0 aliphatic rings. The van der Waals surface area contributed by atoms with E-state index in [4.69, 9.17) is 9.84 Å². The Kier molecular flexibility index (Phi) is 5.33. The molecule has 0 radical (unpaired) electrons. The lowest BCUT2D eigenvalue weighted by atomic mass is 10.2. The summed E-state index contributed by atoms with van der Waals surface area (Å²) in [6.07, 6.45) is -0.619. The molecule has 5 nitrogen and oxygen atoms in total. The molecule has 0 aromatic carbocycles. The lowest BCUT2D eigenvalue weighted by Gasteiger charge is -2.27. The largest absolute Gasteiger partial charge is 0.480 e. The van der Waals surface area contributed by atoms with Crippen molar-refractivity contribution >= 4 is 34.7 Å². The maximum absolute atomic E-state index is 11.5. The first-order chi connectivity index (χ1) is 6.69. The molecule has 0 aromatic heterocycles. The summed E-state index contributed by atoms with van der Waals surface area (Å²) in [5.41, 5.74) is -0.611. The molecular weight excluding hydrogens is 313 g/mol. The van der Waals surface area contributed by atoms with Gasteiger partial charge in [0.2, 0.25) is 0 Å². The minimum Gasteiger partial charge on any atom is -0.480 e. The van der Waals surface area contributed by atoms with E-state index in [1.165, 1.54) is 7.05 Å². The molecule has 1 atom stereocenters. The van der Waals surface area contributed by atoms with Crippen LogP contribution in [0.25, 0.3) is 0 Å². The van der Waals surface area contributed by atoms with Gasteiger partial charge in [-0.2, -0.15) is 0 Å². The normalized spacial score (nSPS) is 13.1. The molecule has 88 valence electrons. The molecule has 0 spiro atoms. The number of amides is 1. The van der Waals surface area contributed by atoms with Crippen molar-refractivity contribution in [3.8, 4) is 0 Å². The molecule has 0 fully saturated rings. The van der Waals surface area contributed by atoms with E-state index in [0.29, 0.717) is 4.43 Å². The van der Waals surface area contributed by atoms with Gasteiger partial charge in [0.15, 0.2) is 0 Å². The van der Waals surface area contributed by atoms with Crippen molar-refractivity contribution in [2.24, 2.45) is 0 Å². The monoisotopic (exact) mass is 329 g/mol. The predicted octanol–water partition coefficient (Wildman–Crippen LogP) is 1.74. The van der Waals surface area contributed by atoms with Gasteiger partial charge >= 0.3 is 12.1 Å². The number of aliphatic carboxylic acids is 1. The van der Waals surface area contributed by atoms with Crippen LogP contribution < -0.4 is 0 Å². The molecule has 0 saturated carbocycles. The zero-order chi connectivity index (χ0) is 12.2. The fourth-order valence-corrected chi connectivity index (χ4v) is 1.76. The van der Waals surface area contributed by atoms with Crippen molar-refractivity contribution < 1.29 is 19.4 Å². The molecule has 0 unspecified atom stereocenters. The third kappa shape index (κ3) is 5.19. The Morgan fingerprint density at radius 1 is 1.47 bits per heavy atom. The molecule has 0 rings (SSSR count). The SMILES string of the molecule is CN(C(=O)OC(C)(C)C)[C@@H](CI)C(=O)O. The van der Waals surface area contributed by atoms with Gasteiger partial charge in [-0.25, -0.2) is 9.59 Å². The number of carboxylic acid groups (broad SMARTS) is 1. The van der Waals surface area contributed by atoms with Crippen LogP contribution in [0.1, 0.15) is 20.8 Å². The third-order valence-corrected chi connectivity index (χ3v) is 2.41. The number of rotatable bonds is 3. The number of carbonyl (C=O) groups is 2. The first kappa shape index (κ1) is 14.5. The van der Waals surface area contributed by atoms with Gasteiger partial charge in [0.1, 0.15) is 11.6 Å². The van der Waals surface area contributed by atoms with Crippen LogP contribution in [-0.2, 0) is 9.53 Å². The molecular formula is C9H16INO4. The average molecular weight is 329 g/mol. The number of nitrogens with zero attached hydrogens (tertiary/aromatic N) is 1. The second-order valence-electron chi connectivity index (χ2n) is 4.10. The number of hydrogen-bond donors (Lipinski definition) is 1. The van der Waals surface area contributed by atoms with Crippen LogP contribution in [-0.4, -0.2) is 45.2 Å². The van der Waals surface area contributed by atoms with Gasteiger partial charge in [0.05, 0.1) is 0 Å². The summed E-state index contributed by atoms with van der Waals surface area (Å²) in [5, 5.41) is 8.84. The van der Waals surface area contributed by atoms with Gasteiger partial charge in [0.25, 0.3) is 0 Å². The molecule has 1 amide bonds. The molecule has 0 heterocycles. The number of likely N-dealkylation sites (N-methyl/N-ethyl adjacent to an activating group) is 1. The Morgan fingerprint density at radius 2 is 1.93 bits per heavy atom. The second kappa shape index (κ2) is 5.53. The Hall–Kier alpha value is -0.530.